The van der Waals surface area contributed by atoms with E-state index in [1.54, 1.807) is 7.11 Å². The molecule has 0 saturated heterocycles. The first-order chi connectivity index (χ1) is 9.10. The molecule has 2 nitrogen and oxygen atoms in total. The predicted octanol–water partition coefficient (Wildman–Crippen LogP) is 4.58. The van der Waals surface area contributed by atoms with E-state index in [1.165, 1.54) is 11.1 Å². The number of methoxy groups -OCH3 is 1. The number of aryl methyl sites for hydroxylation is 2. The molecule has 0 spiro atoms. The lowest BCUT2D eigenvalue weighted by atomic mass is 10.1. The largest absolute Gasteiger partial charge is 0.496 e. The first-order valence-corrected chi connectivity index (χ1v) is 6.61. The highest BCUT2D eigenvalue weighted by Gasteiger charge is 2.07. The van der Waals surface area contributed by atoms with E-state index >= 15 is 0 Å². The Hall–Kier alpha value is -1.67. The number of nitrogens with one attached hydrogen (secondary N) is 1. The molecule has 0 bridgehead atoms. The summed E-state index contributed by atoms with van der Waals surface area (Å²) in [5.41, 5.74) is 4.56. The fraction of sp³-hybridized carbons (Fsp3) is 0.250. The molecule has 0 saturated carbocycles. The first-order valence-electron chi connectivity index (χ1n) is 6.23. The number of anilines is 1. The molecule has 0 aliphatic carbocycles. The number of halogens is 1. The molecule has 0 fully saturated rings. The minimum absolute atomic E-state index is 0.645. The third-order valence-corrected chi connectivity index (χ3v) is 3.34. The Balaban J connectivity index is 2.18. The quantitative estimate of drug-likeness (QED) is 0.882. The average Bonchev–Trinajstić information content (AvgIpc) is 2.36. The Labute approximate surface area is 119 Å². The summed E-state index contributed by atoms with van der Waals surface area (Å²) < 4.78 is 5.34. The van der Waals surface area contributed by atoms with Crippen molar-refractivity contribution in [1.82, 2.24) is 0 Å². The van der Waals surface area contributed by atoms with E-state index in [1.807, 2.05) is 18.2 Å². The summed E-state index contributed by atoms with van der Waals surface area (Å²) in [5.74, 6) is 0.810. The summed E-state index contributed by atoms with van der Waals surface area (Å²) in [4.78, 5) is 0. The second-order valence-corrected chi connectivity index (χ2v) is 5.06. The molecule has 100 valence electrons. The highest BCUT2D eigenvalue weighted by molar-refractivity contribution is 6.31. The smallest absolute Gasteiger partial charge is 0.125 e. The molecule has 3 heteroatoms. The molecular weight excluding hydrogens is 258 g/mol. The molecule has 0 heterocycles. The van der Waals surface area contributed by atoms with Crippen LogP contribution in [0.25, 0.3) is 0 Å². The Kier molecular flexibility index (Phi) is 4.33. The van der Waals surface area contributed by atoms with Gasteiger partial charge < -0.3 is 10.1 Å². The molecule has 0 radical (unpaired) electrons. The fourth-order valence-corrected chi connectivity index (χ4v) is 2.40. The maximum atomic E-state index is 6.22. The van der Waals surface area contributed by atoms with Crippen LogP contribution in [0, 0.1) is 13.8 Å². The summed E-state index contributed by atoms with van der Waals surface area (Å²) in [6, 6.07) is 12.1. The van der Waals surface area contributed by atoms with Gasteiger partial charge in [-0.1, -0.05) is 23.7 Å². The number of hydrogen-bond donors (Lipinski definition) is 1. The molecule has 0 amide bonds. The molecule has 2 rings (SSSR count). The highest BCUT2D eigenvalue weighted by Crippen LogP contribution is 2.27. The lowest BCUT2D eigenvalue weighted by Gasteiger charge is -2.13. The van der Waals surface area contributed by atoms with Gasteiger partial charge in [-0.05, 0) is 49.2 Å². The van der Waals surface area contributed by atoms with Crippen molar-refractivity contribution in [3.8, 4) is 5.75 Å². The van der Waals surface area contributed by atoms with Crippen molar-refractivity contribution in [2.75, 3.05) is 12.4 Å². The van der Waals surface area contributed by atoms with Gasteiger partial charge in [0.2, 0.25) is 0 Å². The third kappa shape index (κ3) is 3.42. The van der Waals surface area contributed by atoms with E-state index in [2.05, 4.69) is 37.4 Å². The van der Waals surface area contributed by atoms with Crippen molar-refractivity contribution in [2.45, 2.75) is 20.4 Å². The van der Waals surface area contributed by atoms with Crippen LogP contribution >= 0.6 is 11.6 Å². The van der Waals surface area contributed by atoms with Gasteiger partial charge in [-0.2, -0.15) is 0 Å². The van der Waals surface area contributed by atoms with Crippen LogP contribution in [0.5, 0.6) is 5.75 Å². The number of rotatable bonds is 4. The summed E-state index contributed by atoms with van der Waals surface area (Å²) in [6.45, 7) is 4.83. The maximum Gasteiger partial charge on any atom is 0.125 e. The topological polar surface area (TPSA) is 21.3 Å². The van der Waals surface area contributed by atoms with Crippen molar-refractivity contribution in [3.05, 3.63) is 58.1 Å². The van der Waals surface area contributed by atoms with Gasteiger partial charge in [0.1, 0.15) is 5.75 Å². The molecule has 0 atom stereocenters. The van der Waals surface area contributed by atoms with Gasteiger partial charge in [-0.25, -0.2) is 0 Å². The molecule has 1 N–H and O–H groups in total. The zero-order chi connectivity index (χ0) is 13.8. The minimum atomic E-state index is 0.645. The van der Waals surface area contributed by atoms with E-state index < -0.39 is 0 Å². The Morgan fingerprint density at radius 2 is 1.79 bits per heavy atom. The summed E-state index contributed by atoms with van der Waals surface area (Å²) in [6.07, 6.45) is 0. The molecule has 0 aliphatic heterocycles. The van der Waals surface area contributed by atoms with E-state index in [0.717, 1.165) is 22.0 Å². The van der Waals surface area contributed by atoms with Crippen LogP contribution in [0.2, 0.25) is 5.02 Å². The van der Waals surface area contributed by atoms with Crippen LogP contribution in [0.3, 0.4) is 0 Å². The molecule has 0 unspecified atom stereocenters. The lowest BCUT2D eigenvalue weighted by molar-refractivity contribution is 0.410. The molecule has 2 aromatic rings. The van der Waals surface area contributed by atoms with Gasteiger partial charge in [0.25, 0.3) is 0 Å². The SMILES string of the molecule is COc1cccc(Cl)c1CNc1cc(C)cc(C)c1. The Bertz CT molecular complexity index is 561. The predicted molar refractivity (Wildman–Crippen MR) is 81.2 cm³/mol. The summed E-state index contributed by atoms with van der Waals surface area (Å²) >= 11 is 6.22. The molecule has 0 aliphatic rings. The Morgan fingerprint density at radius 3 is 2.42 bits per heavy atom. The van der Waals surface area contributed by atoms with Gasteiger partial charge in [0.05, 0.1) is 7.11 Å². The first kappa shape index (κ1) is 13.8. The second-order valence-electron chi connectivity index (χ2n) is 4.65. The number of ether oxygens (including phenoxy) is 1. The van der Waals surface area contributed by atoms with Crippen molar-refractivity contribution in [3.63, 3.8) is 0 Å². The second kappa shape index (κ2) is 5.98. The molecular formula is C16H18ClNO. The van der Waals surface area contributed by atoms with Crippen LogP contribution < -0.4 is 10.1 Å². The zero-order valence-corrected chi connectivity index (χ0v) is 12.2. The van der Waals surface area contributed by atoms with Gasteiger partial charge in [0, 0.05) is 22.8 Å². The van der Waals surface area contributed by atoms with Crippen LogP contribution in [-0.2, 0) is 6.54 Å². The van der Waals surface area contributed by atoms with Gasteiger partial charge in [-0.15, -0.1) is 0 Å². The fourth-order valence-electron chi connectivity index (χ4n) is 2.17. The van der Waals surface area contributed by atoms with Gasteiger partial charge in [0.15, 0.2) is 0 Å². The molecule has 19 heavy (non-hydrogen) atoms. The molecule has 0 aromatic heterocycles. The third-order valence-electron chi connectivity index (χ3n) is 2.99. The monoisotopic (exact) mass is 275 g/mol. The summed E-state index contributed by atoms with van der Waals surface area (Å²) in [5, 5.41) is 4.11. The van der Waals surface area contributed by atoms with Crippen LogP contribution in [0.15, 0.2) is 36.4 Å². The van der Waals surface area contributed by atoms with E-state index in [4.69, 9.17) is 16.3 Å². The van der Waals surface area contributed by atoms with Gasteiger partial charge in [-0.3, -0.25) is 0 Å². The summed E-state index contributed by atoms with van der Waals surface area (Å²) in [7, 11) is 1.66. The van der Waals surface area contributed by atoms with Crippen LogP contribution in [-0.4, -0.2) is 7.11 Å². The van der Waals surface area contributed by atoms with Crippen LogP contribution in [0.1, 0.15) is 16.7 Å². The van der Waals surface area contributed by atoms with Crippen molar-refractivity contribution < 1.29 is 4.74 Å². The average molecular weight is 276 g/mol. The van der Waals surface area contributed by atoms with E-state index in [0.29, 0.717) is 6.54 Å². The minimum Gasteiger partial charge on any atom is -0.496 e. The highest BCUT2D eigenvalue weighted by atomic mass is 35.5. The van der Waals surface area contributed by atoms with Crippen LogP contribution in [0.4, 0.5) is 5.69 Å². The van der Waals surface area contributed by atoms with Crippen molar-refractivity contribution in [2.24, 2.45) is 0 Å². The molecule has 2 aromatic carbocycles. The van der Waals surface area contributed by atoms with Crippen molar-refractivity contribution >= 4 is 17.3 Å². The lowest BCUT2D eigenvalue weighted by Crippen LogP contribution is -2.03. The normalized spacial score (nSPS) is 10.3. The maximum absolute atomic E-state index is 6.22. The zero-order valence-electron chi connectivity index (χ0n) is 11.5. The van der Waals surface area contributed by atoms with E-state index in [9.17, 15) is 0 Å². The van der Waals surface area contributed by atoms with Crippen molar-refractivity contribution in [1.29, 1.82) is 0 Å². The Morgan fingerprint density at radius 1 is 1.11 bits per heavy atom. The standard InChI is InChI=1S/C16H18ClNO/c1-11-7-12(2)9-13(8-11)18-10-14-15(17)5-4-6-16(14)19-3/h4-9,18H,10H2,1-3H3. The number of hydrogen-bond acceptors (Lipinski definition) is 2. The van der Waals surface area contributed by atoms with E-state index in [-0.39, 0.29) is 0 Å². The van der Waals surface area contributed by atoms with Gasteiger partial charge >= 0.3 is 0 Å². The number of benzene rings is 2.